The van der Waals surface area contributed by atoms with E-state index in [4.69, 9.17) is 15.3 Å². The lowest BCUT2D eigenvalue weighted by atomic mass is 10.3. The number of nitrogens with one attached hydrogen (secondary N) is 1. The summed E-state index contributed by atoms with van der Waals surface area (Å²) in [5.74, 6) is -0.555. The number of amides is 1. The fraction of sp³-hybridized carbons (Fsp3) is 0.467. The van der Waals surface area contributed by atoms with Gasteiger partial charge < -0.3 is 15.0 Å². The first-order valence-corrected chi connectivity index (χ1v) is 7.35. The molecule has 0 bridgehead atoms. The van der Waals surface area contributed by atoms with Gasteiger partial charge in [-0.3, -0.25) is 9.59 Å². The Morgan fingerprint density at radius 3 is 2.38 bits per heavy atom. The predicted octanol–water partition coefficient (Wildman–Crippen LogP) is 0.478. The van der Waals surface area contributed by atoms with Gasteiger partial charge in [0, 0.05) is 32.0 Å². The zero-order chi connectivity index (χ0) is 17.6. The molecule has 1 amide bonds. The Kier molecular flexibility index (Phi) is 8.94. The molecule has 0 atom stereocenters. The van der Waals surface area contributed by atoms with E-state index in [9.17, 15) is 9.59 Å². The van der Waals surface area contributed by atoms with E-state index in [1.807, 2.05) is 12.1 Å². The van der Waals surface area contributed by atoms with Crippen molar-refractivity contribution in [2.75, 3.05) is 31.6 Å². The number of ether oxygens (including phenoxy) is 1. The van der Waals surface area contributed by atoms with Gasteiger partial charge in [0.05, 0.1) is 31.4 Å². The Bertz CT molecular complexity index is 590. The zero-order valence-electron chi connectivity index (χ0n) is 13.1. The summed E-state index contributed by atoms with van der Waals surface area (Å²) in [7, 11) is 0. The molecule has 0 aliphatic heterocycles. The smallest absolute Gasteiger partial charge is 0.308 e. The van der Waals surface area contributed by atoms with Crippen molar-refractivity contribution >= 4 is 17.8 Å². The highest BCUT2D eigenvalue weighted by Crippen LogP contribution is 1.98. The van der Waals surface area contributed by atoms with Gasteiger partial charge >= 0.3 is 5.97 Å². The molecule has 1 N–H and O–H groups in total. The molecule has 0 aromatic carbocycles. The summed E-state index contributed by atoms with van der Waals surface area (Å²) in [5.41, 5.74) is 0. The molecule has 9 nitrogen and oxygen atoms in total. The third kappa shape index (κ3) is 7.71. The molecule has 0 radical (unpaired) electrons. The van der Waals surface area contributed by atoms with Gasteiger partial charge in [-0.25, -0.2) is 9.97 Å². The second-order valence-corrected chi connectivity index (χ2v) is 4.61. The summed E-state index contributed by atoms with van der Waals surface area (Å²) in [6.07, 6.45) is 3.52. The molecule has 0 aliphatic carbocycles. The first-order valence-electron chi connectivity index (χ1n) is 7.35. The molecule has 0 fully saturated rings. The molecule has 0 spiro atoms. The predicted molar refractivity (Wildman–Crippen MR) is 83.1 cm³/mol. The lowest BCUT2D eigenvalue weighted by molar-refractivity contribution is -0.151. The van der Waals surface area contributed by atoms with Crippen LogP contribution in [0.3, 0.4) is 0 Å². The lowest BCUT2D eigenvalue weighted by Crippen LogP contribution is -2.36. The quantitative estimate of drug-likeness (QED) is 0.612. The number of nitriles is 2. The van der Waals surface area contributed by atoms with Gasteiger partial charge in [-0.15, -0.1) is 0 Å². The molecule has 1 rings (SSSR count). The summed E-state index contributed by atoms with van der Waals surface area (Å²) >= 11 is 0. The lowest BCUT2D eigenvalue weighted by Gasteiger charge is -2.20. The van der Waals surface area contributed by atoms with E-state index in [0.717, 1.165) is 0 Å². The van der Waals surface area contributed by atoms with Crippen LogP contribution in [0.1, 0.15) is 19.3 Å². The second-order valence-electron chi connectivity index (χ2n) is 4.61. The molecule has 9 heteroatoms. The highest BCUT2D eigenvalue weighted by atomic mass is 16.5. The van der Waals surface area contributed by atoms with Crippen LogP contribution in [-0.2, 0) is 14.3 Å². The molecular weight excluding hydrogens is 312 g/mol. The highest BCUT2D eigenvalue weighted by molar-refractivity contribution is 5.80. The average Bonchev–Trinajstić information content (AvgIpc) is 2.61. The van der Waals surface area contributed by atoms with E-state index in [0.29, 0.717) is 5.95 Å². The van der Waals surface area contributed by atoms with Crippen LogP contribution in [0, 0.1) is 22.7 Å². The Morgan fingerprint density at radius 2 is 1.79 bits per heavy atom. The number of anilines is 1. The van der Waals surface area contributed by atoms with Crippen LogP contribution in [-0.4, -0.2) is 53.0 Å². The van der Waals surface area contributed by atoms with Crippen molar-refractivity contribution in [2.45, 2.75) is 19.3 Å². The van der Waals surface area contributed by atoms with E-state index in [-0.39, 0.29) is 38.9 Å². The number of nitrogens with zero attached hydrogens (tertiary/aromatic N) is 5. The van der Waals surface area contributed by atoms with Crippen LogP contribution in [0.15, 0.2) is 18.5 Å². The average molecular weight is 330 g/mol. The van der Waals surface area contributed by atoms with Crippen LogP contribution in [0.25, 0.3) is 0 Å². The molecule has 126 valence electrons. The minimum atomic E-state index is -0.535. The molecule has 1 aromatic rings. The van der Waals surface area contributed by atoms with Crippen molar-refractivity contribution in [2.24, 2.45) is 0 Å². The summed E-state index contributed by atoms with van der Waals surface area (Å²) in [4.78, 5) is 32.8. The van der Waals surface area contributed by atoms with Gasteiger partial charge in [-0.1, -0.05) is 0 Å². The maximum atomic E-state index is 11.9. The van der Waals surface area contributed by atoms with Gasteiger partial charge in [0.1, 0.15) is 0 Å². The molecule has 0 aliphatic rings. The Hall–Kier alpha value is -3.20. The van der Waals surface area contributed by atoms with Crippen LogP contribution < -0.4 is 5.32 Å². The maximum Gasteiger partial charge on any atom is 0.308 e. The number of rotatable bonds is 10. The molecule has 1 aromatic heterocycles. The third-order valence-corrected chi connectivity index (χ3v) is 2.87. The topological polar surface area (TPSA) is 132 Å². The maximum absolute atomic E-state index is 11.9. The molecule has 24 heavy (non-hydrogen) atoms. The van der Waals surface area contributed by atoms with E-state index in [1.165, 1.54) is 4.90 Å². The molecule has 0 unspecified atom stereocenters. The number of hydrogen-bond donors (Lipinski definition) is 1. The zero-order valence-corrected chi connectivity index (χ0v) is 13.1. The van der Waals surface area contributed by atoms with Gasteiger partial charge in [0.25, 0.3) is 5.91 Å². The number of aromatic nitrogens is 2. The Morgan fingerprint density at radius 1 is 1.17 bits per heavy atom. The standard InChI is InChI=1S/C15H18N6O3/c16-5-1-10-21(11-2-6-17)13(22)12-24-14(23)4-9-20-15-18-7-3-8-19-15/h3,7-8H,1-2,4,9-12H2,(H,18,19,20). The molecule has 0 saturated carbocycles. The van der Waals surface area contributed by atoms with Crippen LogP contribution in [0.2, 0.25) is 0 Å². The molecular formula is C15H18N6O3. The number of esters is 1. The van der Waals surface area contributed by atoms with Crippen LogP contribution in [0.4, 0.5) is 5.95 Å². The Labute approximate surface area is 139 Å². The highest BCUT2D eigenvalue weighted by Gasteiger charge is 2.15. The van der Waals surface area contributed by atoms with Gasteiger partial charge in [0.2, 0.25) is 5.95 Å². The Balaban J connectivity index is 2.29. The number of hydrogen-bond acceptors (Lipinski definition) is 8. The first-order chi connectivity index (χ1) is 11.7. The first kappa shape index (κ1) is 18.8. The van der Waals surface area contributed by atoms with E-state index >= 15 is 0 Å². The summed E-state index contributed by atoms with van der Waals surface area (Å²) in [6.45, 7) is 0.296. The minimum Gasteiger partial charge on any atom is -0.456 e. The van der Waals surface area contributed by atoms with E-state index < -0.39 is 18.5 Å². The SMILES string of the molecule is N#CCCN(CCC#N)C(=O)COC(=O)CCNc1ncccn1. The molecule has 0 saturated heterocycles. The van der Waals surface area contributed by atoms with Crippen LogP contribution >= 0.6 is 0 Å². The molecule has 1 heterocycles. The number of carbonyl (C=O) groups excluding carboxylic acids is 2. The fourth-order valence-electron chi connectivity index (χ4n) is 1.70. The third-order valence-electron chi connectivity index (χ3n) is 2.87. The van der Waals surface area contributed by atoms with Gasteiger partial charge in [0.15, 0.2) is 6.61 Å². The normalized spacial score (nSPS) is 9.42. The monoisotopic (exact) mass is 330 g/mol. The van der Waals surface area contributed by atoms with Crippen molar-refractivity contribution in [1.29, 1.82) is 10.5 Å². The summed E-state index contributed by atoms with van der Waals surface area (Å²) < 4.78 is 4.91. The minimum absolute atomic E-state index is 0.0575. The van der Waals surface area contributed by atoms with Crippen molar-refractivity contribution in [3.8, 4) is 12.1 Å². The van der Waals surface area contributed by atoms with E-state index in [2.05, 4.69) is 15.3 Å². The van der Waals surface area contributed by atoms with Crippen molar-refractivity contribution < 1.29 is 14.3 Å². The number of carbonyl (C=O) groups is 2. The van der Waals surface area contributed by atoms with Crippen molar-refractivity contribution in [3.05, 3.63) is 18.5 Å². The second kappa shape index (κ2) is 11.4. The summed E-state index contributed by atoms with van der Waals surface area (Å²) in [5, 5.41) is 20.0. The largest absolute Gasteiger partial charge is 0.456 e. The van der Waals surface area contributed by atoms with Gasteiger partial charge in [-0.05, 0) is 6.07 Å². The van der Waals surface area contributed by atoms with Crippen molar-refractivity contribution in [1.82, 2.24) is 14.9 Å². The fourth-order valence-corrected chi connectivity index (χ4v) is 1.70. The van der Waals surface area contributed by atoms with E-state index in [1.54, 1.807) is 18.5 Å². The summed E-state index contributed by atoms with van der Waals surface area (Å²) in [6, 6.07) is 5.54. The van der Waals surface area contributed by atoms with Crippen molar-refractivity contribution in [3.63, 3.8) is 0 Å². The van der Waals surface area contributed by atoms with Gasteiger partial charge in [-0.2, -0.15) is 10.5 Å². The van der Waals surface area contributed by atoms with Crippen LogP contribution in [0.5, 0.6) is 0 Å².